The molecule has 0 aliphatic carbocycles. The second-order valence-electron chi connectivity index (χ2n) is 28.3. The minimum atomic E-state index is -1.50. The molecule has 4 fully saturated rings. The lowest BCUT2D eigenvalue weighted by atomic mass is 9.89. The van der Waals surface area contributed by atoms with E-state index in [1.165, 1.54) is 17.0 Å². The lowest BCUT2D eigenvalue weighted by Gasteiger charge is -2.33. The summed E-state index contributed by atoms with van der Waals surface area (Å²) in [6, 6.07) is 30.1. The predicted molar refractivity (Wildman–Crippen MR) is 400 cm³/mol. The Kier molecular flexibility index (Phi) is 29.4. The maximum Gasteiger partial charge on any atom is 0.407 e. The van der Waals surface area contributed by atoms with E-state index in [1.54, 1.807) is 99.5 Å². The highest BCUT2D eigenvalue weighted by molar-refractivity contribution is 5.99. The number of hydrogen-bond acceptors (Lipinski definition) is 19. The van der Waals surface area contributed by atoms with E-state index in [4.69, 9.17) is 9.47 Å². The molecule has 0 unspecified atom stereocenters. The number of ether oxygens (including phenoxy) is 2. The standard InChI is InChI=1S/C78H98N14O17/c1-50(60-43-82-61-15-9-8-14-59(60)61)71-76(105)85-63(40-54-24-26-79-27-25-54)72(101)83-62(39-53-18-22-57(23-19-53)108-49-55-12-6-3-7-13-55)73(102)86-65(41-51-10-4-2-5-11-51)77(106)92-44-58(42-66(92)75(104)84-64(74(103)87-71)38-52-16-20-56(93)21-17-52)109-78(107)81-29-28-80-67(94)45-88-30-32-89(46-68(95)96)34-36-91(48-70(99)100)37-35-90(33-31-88)47-69(97)98/h2-23,43,50,54,58,62-66,71,79,82,93H,24-42,44-49H2,1H3,(H,80,94)(H,81,107)(H,83,101)(H,84,104)(H,85,105)(H,86,102)(H,87,103)(H,95,96)(H,97,98)(H,99,100)/t50-,58+,62-,63-,64-,65-,66-,71+/m0/s1. The Morgan fingerprint density at radius 2 is 1.00 bits per heavy atom. The first-order valence-electron chi connectivity index (χ1n) is 37.0. The number of amides is 8. The zero-order chi connectivity index (χ0) is 77.3. The molecule has 5 heterocycles. The van der Waals surface area contributed by atoms with Crippen LogP contribution in [-0.4, -0.2) is 269 Å². The van der Waals surface area contributed by atoms with Gasteiger partial charge in [-0.3, -0.25) is 67.5 Å². The topological polar surface area (TPSA) is 415 Å². The molecular weight excluding hydrogens is 1400 g/mol. The van der Waals surface area contributed by atoms with E-state index in [1.807, 2.05) is 54.6 Å². The molecule has 4 aliphatic heterocycles. The minimum Gasteiger partial charge on any atom is -0.508 e. The summed E-state index contributed by atoms with van der Waals surface area (Å²) in [4.78, 5) is 168. The SMILES string of the molecule is C[C@@H](c1c[nH]c2ccccc12)[C@H]1NC(=O)[C@H](Cc2ccc(O)cc2)NC(=O)[C@@H]2C[C@@H](OC(=O)NCCNC(=O)CN3CCN(CC(=O)O)CCN(CC(=O)O)CCN(CC(=O)O)CC3)CN2C(=O)[C@H](Cc2ccccc2)NC(=O)[C@H](Cc2ccc(OCc3ccccc3)cc2)NC(=O)[C@H](CC2CCNCC2)NC1=O. The summed E-state index contributed by atoms with van der Waals surface area (Å²) < 4.78 is 12.1. The van der Waals surface area contributed by atoms with Crippen molar-refractivity contribution in [3.05, 3.63) is 167 Å². The van der Waals surface area contributed by atoms with Crippen LogP contribution in [0.25, 0.3) is 10.9 Å². The molecule has 1 aromatic heterocycles. The van der Waals surface area contributed by atoms with Crippen LogP contribution >= 0.6 is 0 Å². The van der Waals surface area contributed by atoms with Gasteiger partial charge >= 0.3 is 24.0 Å². The number of phenols is 1. The number of aliphatic carboxylic acids is 3. The molecule has 0 saturated carbocycles. The molecule has 0 bridgehead atoms. The summed E-state index contributed by atoms with van der Waals surface area (Å²) in [5.74, 6) is -8.95. The third-order valence-corrected chi connectivity index (χ3v) is 20.2. The highest BCUT2D eigenvalue weighted by atomic mass is 16.6. The van der Waals surface area contributed by atoms with E-state index < -0.39 is 120 Å². The van der Waals surface area contributed by atoms with Crippen LogP contribution < -0.4 is 47.3 Å². The van der Waals surface area contributed by atoms with Crippen LogP contribution in [0.15, 0.2) is 140 Å². The number of rotatable bonds is 25. The van der Waals surface area contributed by atoms with Gasteiger partial charge in [0, 0.05) is 114 Å². The molecule has 5 aromatic carbocycles. The largest absolute Gasteiger partial charge is 0.508 e. The van der Waals surface area contributed by atoms with Gasteiger partial charge in [-0.05, 0) is 96.4 Å². The Balaban J connectivity index is 0.932. The highest BCUT2D eigenvalue weighted by Crippen LogP contribution is 2.30. The molecule has 6 aromatic rings. The molecule has 31 heteroatoms. The maximum absolute atomic E-state index is 15.9. The number of piperidine rings is 1. The summed E-state index contributed by atoms with van der Waals surface area (Å²) in [5.41, 5.74) is 3.99. The molecule has 31 nitrogen and oxygen atoms in total. The van der Waals surface area contributed by atoms with Crippen LogP contribution in [0.3, 0.4) is 0 Å². The second kappa shape index (κ2) is 39.7. The number of aromatic amines is 1. The van der Waals surface area contributed by atoms with Crippen molar-refractivity contribution in [2.45, 2.75) is 107 Å². The first-order chi connectivity index (χ1) is 52.5. The van der Waals surface area contributed by atoms with Crippen molar-refractivity contribution in [3.8, 4) is 11.5 Å². The van der Waals surface area contributed by atoms with Crippen LogP contribution in [0.2, 0.25) is 0 Å². The van der Waals surface area contributed by atoms with Crippen molar-refractivity contribution in [1.29, 1.82) is 0 Å². The Labute approximate surface area is 631 Å². The number of nitrogens with zero attached hydrogens (tertiary/aromatic N) is 5. The summed E-state index contributed by atoms with van der Waals surface area (Å²) >= 11 is 0. The molecule has 0 spiro atoms. The number of fused-ring (bicyclic) bond motifs is 2. The Hall–Kier alpha value is -11.0. The van der Waals surface area contributed by atoms with Crippen molar-refractivity contribution >= 4 is 76.3 Å². The Morgan fingerprint density at radius 3 is 1.59 bits per heavy atom. The van der Waals surface area contributed by atoms with Crippen LogP contribution in [0.5, 0.6) is 11.5 Å². The Morgan fingerprint density at radius 1 is 0.523 bits per heavy atom. The van der Waals surface area contributed by atoms with Gasteiger partial charge in [-0.15, -0.1) is 0 Å². The smallest absolute Gasteiger partial charge is 0.407 e. The van der Waals surface area contributed by atoms with E-state index in [9.17, 15) is 44.4 Å². The molecule has 4 aliphatic rings. The van der Waals surface area contributed by atoms with Crippen molar-refractivity contribution in [2.24, 2.45) is 5.92 Å². The molecule has 10 rings (SSSR count). The first-order valence-corrected chi connectivity index (χ1v) is 37.0. The number of carbonyl (C=O) groups excluding carboxylic acids is 8. The number of nitrogens with one attached hydrogen (secondary N) is 9. The molecule has 8 atom stereocenters. The number of phenolic OH excluding ortho intramolecular Hbond substituents is 1. The predicted octanol–water partition coefficient (Wildman–Crippen LogP) is 1.40. The maximum atomic E-state index is 15.9. The lowest BCUT2D eigenvalue weighted by molar-refractivity contribution is -0.143. The van der Waals surface area contributed by atoms with E-state index in [2.05, 4.69) is 47.5 Å². The van der Waals surface area contributed by atoms with Crippen molar-refractivity contribution < 1.29 is 82.6 Å². The minimum absolute atomic E-state index is 0.0734. The molecule has 582 valence electrons. The quantitative estimate of drug-likeness (QED) is 0.0360. The van der Waals surface area contributed by atoms with Gasteiger partial charge in [0.25, 0.3) is 0 Å². The fraction of sp³-hybridized carbons (Fsp3) is 0.449. The van der Waals surface area contributed by atoms with Crippen LogP contribution in [0.4, 0.5) is 4.79 Å². The van der Waals surface area contributed by atoms with Crippen LogP contribution in [0.1, 0.15) is 66.3 Å². The summed E-state index contributed by atoms with van der Waals surface area (Å²) in [7, 11) is 0. The highest BCUT2D eigenvalue weighted by Gasteiger charge is 2.46. The number of carboxylic acid groups (broad SMARTS) is 3. The van der Waals surface area contributed by atoms with Crippen LogP contribution in [0, 0.1) is 5.92 Å². The third kappa shape index (κ3) is 24.5. The van der Waals surface area contributed by atoms with Gasteiger partial charge < -0.3 is 82.3 Å². The fourth-order valence-electron chi connectivity index (χ4n) is 14.3. The second-order valence-corrected chi connectivity index (χ2v) is 28.3. The van der Waals surface area contributed by atoms with Crippen molar-refractivity contribution in [1.82, 2.24) is 72.0 Å². The molecule has 109 heavy (non-hydrogen) atoms. The van der Waals surface area contributed by atoms with Crippen molar-refractivity contribution in [2.75, 3.05) is 111 Å². The molecule has 0 radical (unpaired) electrons. The number of para-hydroxylation sites is 1. The average molecular weight is 1500 g/mol. The number of benzene rings is 5. The molecule has 8 amide bonds. The summed E-state index contributed by atoms with van der Waals surface area (Å²) in [6.07, 6.45) is 0.174. The number of alkyl carbamates (subject to hydrolysis) is 1. The fourth-order valence-corrected chi connectivity index (χ4v) is 14.3. The van der Waals surface area contributed by atoms with E-state index >= 15 is 28.8 Å². The van der Waals surface area contributed by atoms with E-state index in [-0.39, 0.29) is 142 Å². The number of carbonyl (C=O) groups is 11. The Bertz CT molecular complexity index is 4060. The number of aromatic nitrogens is 1. The number of carboxylic acids is 3. The number of H-pyrrole nitrogens is 1. The molecule has 13 N–H and O–H groups in total. The van der Waals surface area contributed by atoms with Crippen molar-refractivity contribution in [3.63, 3.8) is 0 Å². The monoisotopic (exact) mass is 1500 g/mol. The molecular formula is C78H98N14O17. The summed E-state index contributed by atoms with van der Waals surface area (Å²) in [6.45, 7) is 2.81. The van der Waals surface area contributed by atoms with Gasteiger partial charge in [0.15, 0.2) is 0 Å². The van der Waals surface area contributed by atoms with Gasteiger partial charge in [0.05, 0.1) is 32.7 Å². The van der Waals surface area contributed by atoms with Gasteiger partial charge in [-0.25, -0.2) is 4.79 Å². The van der Waals surface area contributed by atoms with E-state index in [0.29, 0.717) is 53.9 Å². The van der Waals surface area contributed by atoms with Gasteiger partial charge in [-0.1, -0.05) is 110 Å². The zero-order valence-corrected chi connectivity index (χ0v) is 61.0. The number of hydrogen-bond donors (Lipinski definition) is 13. The average Bonchev–Trinajstić information content (AvgIpc) is 1.77. The normalized spacial score (nSPS) is 22.1. The first kappa shape index (κ1) is 80.5. The third-order valence-electron chi connectivity index (χ3n) is 20.2. The number of aromatic hydroxyl groups is 1. The van der Waals surface area contributed by atoms with Gasteiger partial charge in [-0.2, -0.15) is 0 Å². The summed E-state index contributed by atoms with van der Waals surface area (Å²) in [5, 5.41) is 63.6. The lowest BCUT2D eigenvalue weighted by Crippen LogP contribution is -2.62. The van der Waals surface area contributed by atoms with Gasteiger partial charge in [0.1, 0.15) is 60.5 Å². The van der Waals surface area contributed by atoms with Crippen LogP contribution in [-0.2, 0) is 78.6 Å². The van der Waals surface area contributed by atoms with Gasteiger partial charge in [0.2, 0.25) is 41.4 Å². The molecule has 4 saturated heterocycles. The van der Waals surface area contributed by atoms with E-state index in [0.717, 1.165) is 16.5 Å². The zero-order valence-electron chi connectivity index (χ0n) is 61.0.